The average Bonchev–Trinajstić information content (AvgIpc) is 2.63. The molecule has 3 rings (SSSR count). The summed E-state index contributed by atoms with van der Waals surface area (Å²) >= 11 is 0. The van der Waals surface area contributed by atoms with E-state index in [9.17, 15) is 15.3 Å². The fraction of sp³-hybridized carbons (Fsp3) is 0.217. The molecule has 0 aromatic heterocycles. The lowest BCUT2D eigenvalue weighted by Gasteiger charge is -2.22. The first kappa shape index (κ1) is 17.9. The molecule has 2 atom stereocenters. The smallest absolute Gasteiger partial charge is 0.123 e. The van der Waals surface area contributed by atoms with Gasteiger partial charge in [-0.15, -0.1) is 0 Å². The van der Waals surface area contributed by atoms with E-state index in [1.807, 2.05) is 57.2 Å². The third-order valence-electron chi connectivity index (χ3n) is 5.05. The topological polar surface area (TPSA) is 60.7 Å². The van der Waals surface area contributed by atoms with E-state index in [0.717, 1.165) is 27.8 Å². The molecule has 0 radical (unpaired) electrons. The van der Waals surface area contributed by atoms with Gasteiger partial charge in [0.2, 0.25) is 0 Å². The molecule has 0 spiro atoms. The highest BCUT2D eigenvalue weighted by atomic mass is 16.3. The quantitative estimate of drug-likeness (QED) is 0.590. The number of aromatic hydroxyl groups is 3. The number of hydrogen-bond acceptors (Lipinski definition) is 3. The zero-order chi connectivity index (χ0) is 18.8. The molecule has 3 nitrogen and oxygen atoms in total. The molecule has 0 amide bonds. The van der Waals surface area contributed by atoms with E-state index >= 15 is 0 Å². The third-order valence-corrected chi connectivity index (χ3v) is 5.05. The van der Waals surface area contributed by atoms with Crippen molar-refractivity contribution in [2.24, 2.45) is 0 Å². The fourth-order valence-corrected chi connectivity index (χ4v) is 3.54. The van der Waals surface area contributed by atoms with Crippen LogP contribution in [0.15, 0.2) is 60.7 Å². The molecule has 3 aromatic rings. The van der Waals surface area contributed by atoms with Crippen LogP contribution in [0.25, 0.3) is 0 Å². The van der Waals surface area contributed by atoms with Crippen LogP contribution in [0, 0.1) is 6.92 Å². The van der Waals surface area contributed by atoms with E-state index in [1.54, 1.807) is 24.3 Å². The van der Waals surface area contributed by atoms with Crippen molar-refractivity contribution in [2.75, 3.05) is 0 Å². The van der Waals surface area contributed by atoms with E-state index in [2.05, 4.69) is 0 Å². The maximum atomic E-state index is 11.0. The van der Waals surface area contributed by atoms with E-state index in [-0.39, 0.29) is 29.1 Å². The van der Waals surface area contributed by atoms with Gasteiger partial charge in [-0.25, -0.2) is 0 Å². The number of hydrogen-bond donors (Lipinski definition) is 3. The highest BCUT2D eigenvalue weighted by Gasteiger charge is 2.22. The van der Waals surface area contributed by atoms with Gasteiger partial charge in [-0.05, 0) is 19.1 Å². The van der Waals surface area contributed by atoms with Crippen LogP contribution in [0.2, 0.25) is 0 Å². The molecule has 26 heavy (non-hydrogen) atoms. The molecular weight excluding hydrogens is 324 g/mol. The third kappa shape index (κ3) is 3.25. The Morgan fingerprint density at radius 3 is 1.38 bits per heavy atom. The van der Waals surface area contributed by atoms with Crippen molar-refractivity contribution in [3.8, 4) is 17.2 Å². The number of aryl methyl sites for hydroxylation is 1. The Kier molecular flexibility index (Phi) is 4.90. The molecule has 0 aliphatic carbocycles. The maximum Gasteiger partial charge on any atom is 0.123 e. The number of phenolic OH excluding ortho intramolecular Hbond substituents is 3. The lowest BCUT2D eigenvalue weighted by Crippen LogP contribution is -2.03. The Hall–Kier alpha value is -2.94. The second-order valence-electron chi connectivity index (χ2n) is 6.85. The minimum Gasteiger partial charge on any atom is -0.508 e. The maximum absolute atomic E-state index is 11.0. The first-order valence-corrected chi connectivity index (χ1v) is 8.79. The molecule has 0 heterocycles. The minimum atomic E-state index is -0.161. The van der Waals surface area contributed by atoms with Gasteiger partial charge in [0.15, 0.2) is 0 Å². The van der Waals surface area contributed by atoms with Gasteiger partial charge < -0.3 is 15.3 Å². The molecule has 0 fully saturated rings. The van der Waals surface area contributed by atoms with Gasteiger partial charge in [-0.3, -0.25) is 0 Å². The molecule has 0 saturated heterocycles. The molecule has 0 aliphatic heterocycles. The molecule has 2 unspecified atom stereocenters. The van der Waals surface area contributed by atoms with Crippen molar-refractivity contribution in [2.45, 2.75) is 32.6 Å². The predicted molar refractivity (Wildman–Crippen MR) is 104 cm³/mol. The molecule has 3 aromatic carbocycles. The summed E-state index contributed by atoms with van der Waals surface area (Å²) in [5, 5.41) is 31.4. The summed E-state index contributed by atoms with van der Waals surface area (Å²) in [5.74, 6) is 0.326. The average molecular weight is 348 g/mol. The Morgan fingerprint density at radius 1 is 0.615 bits per heavy atom. The van der Waals surface area contributed by atoms with Crippen molar-refractivity contribution in [3.63, 3.8) is 0 Å². The zero-order valence-corrected chi connectivity index (χ0v) is 15.3. The monoisotopic (exact) mass is 348 g/mol. The highest BCUT2D eigenvalue weighted by molar-refractivity contribution is 5.54. The van der Waals surface area contributed by atoms with Gasteiger partial charge in [0.25, 0.3) is 0 Å². The summed E-state index contributed by atoms with van der Waals surface area (Å²) in [6.07, 6.45) is 0. The Morgan fingerprint density at radius 2 is 1.00 bits per heavy atom. The molecule has 0 saturated carbocycles. The van der Waals surface area contributed by atoms with Crippen LogP contribution in [0.4, 0.5) is 0 Å². The number of benzene rings is 3. The lowest BCUT2D eigenvalue weighted by atomic mass is 9.84. The van der Waals surface area contributed by atoms with Crippen LogP contribution in [-0.4, -0.2) is 15.3 Å². The van der Waals surface area contributed by atoms with E-state index < -0.39 is 0 Å². The van der Waals surface area contributed by atoms with Gasteiger partial charge in [0, 0.05) is 34.1 Å². The molecule has 3 N–H and O–H groups in total. The van der Waals surface area contributed by atoms with E-state index in [4.69, 9.17) is 0 Å². The van der Waals surface area contributed by atoms with Gasteiger partial charge in [-0.2, -0.15) is 0 Å². The fourth-order valence-electron chi connectivity index (χ4n) is 3.54. The van der Waals surface area contributed by atoms with Crippen LogP contribution < -0.4 is 0 Å². The van der Waals surface area contributed by atoms with Crippen LogP contribution in [0.3, 0.4) is 0 Å². The van der Waals surface area contributed by atoms with Gasteiger partial charge in [0.05, 0.1) is 0 Å². The molecule has 0 bridgehead atoms. The Bertz CT molecular complexity index is 858. The predicted octanol–water partition coefficient (Wildman–Crippen LogP) is 5.42. The Labute approximate surface area is 154 Å². The van der Waals surface area contributed by atoms with Crippen LogP contribution in [0.5, 0.6) is 17.2 Å². The van der Waals surface area contributed by atoms with Gasteiger partial charge in [-0.1, -0.05) is 67.9 Å². The SMILES string of the molecule is Cc1cc(C(C)c2ccccc2O)c(O)c(C(C)c2ccccc2O)c1. The van der Waals surface area contributed by atoms with Crippen molar-refractivity contribution < 1.29 is 15.3 Å². The van der Waals surface area contributed by atoms with Crippen molar-refractivity contribution >= 4 is 0 Å². The summed E-state index contributed by atoms with van der Waals surface area (Å²) in [6, 6.07) is 18.3. The summed E-state index contributed by atoms with van der Waals surface area (Å²) < 4.78 is 0. The molecular formula is C23H24O3. The van der Waals surface area contributed by atoms with Crippen molar-refractivity contribution in [1.29, 1.82) is 0 Å². The lowest BCUT2D eigenvalue weighted by molar-refractivity contribution is 0.447. The normalized spacial score (nSPS) is 13.3. The number of para-hydroxylation sites is 2. The second-order valence-corrected chi connectivity index (χ2v) is 6.85. The van der Waals surface area contributed by atoms with Crippen molar-refractivity contribution in [1.82, 2.24) is 0 Å². The van der Waals surface area contributed by atoms with E-state index in [0.29, 0.717) is 0 Å². The van der Waals surface area contributed by atoms with Crippen LogP contribution >= 0.6 is 0 Å². The zero-order valence-electron chi connectivity index (χ0n) is 15.3. The number of rotatable bonds is 4. The second kappa shape index (κ2) is 7.12. The summed E-state index contributed by atoms with van der Waals surface area (Å²) in [7, 11) is 0. The van der Waals surface area contributed by atoms with Crippen LogP contribution in [-0.2, 0) is 0 Å². The first-order valence-electron chi connectivity index (χ1n) is 8.79. The molecule has 0 aliphatic rings. The highest BCUT2D eigenvalue weighted by Crippen LogP contribution is 2.42. The minimum absolute atomic E-state index is 0.161. The summed E-state index contributed by atoms with van der Waals surface area (Å²) in [6.45, 7) is 5.93. The Balaban J connectivity index is 2.10. The van der Waals surface area contributed by atoms with Crippen molar-refractivity contribution in [3.05, 3.63) is 88.5 Å². The molecule has 3 heteroatoms. The van der Waals surface area contributed by atoms with Gasteiger partial charge in [0.1, 0.15) is 17.2 Å². The summed E-state index contributed by atoms with van der Waals surface area (Å²) in [5.41, 5.74) is 4.11. The molecule has 134 valence electrons. The first-order chi connectivity index (χ1) is 12.4. The summed E-state index contributed by atoms with van der Waals surface area (Å²) in [4.78, 5) is 0. The number of phenols is 3. The standard InChI is InChI=1S/C23H24O3/c1-14-12-19(15(2)17-8-4-6-10-21(17)24)23(26)20(13-14)16(3)18-9-5-7-11-22(18)25/h4-13,15-16,24-26H,1-3H3. The van der Waals surface area contributed by atoms with Crippen LogP contribution in [0.1, 0.15) is 53.5 Å². The van der Waals surface area contributed by atoms with Gasteiger partial charge >= 0.3 is 0 Å². The van der Waals surface area contributed by atoms with E-state index in [1.165, 1.54) is 0 Å². The largest absolute Gasteiger partial charge is 0.508 e.